The number of carboxylic acid groups (broad SMARTS) is 2. The second-order valence-corrected chi connectivity index (χ2v) is 6.16. The number of rotatable bonds is 16. The predicted octanol–water partition coefficient (Wildman–Crippen LogP) is 1.47. The zero-order chi connectivity index (χ0) is 19.1. The number of aliphatic hydroxyl groups excluding tert-OH is 1. The molecule has 2 atom stereocenters. The van der Waals surface area contributed by atoms with Crippen LogP contribution >= 0.6 is 0 Å². The minimum atomic E-state index is -1.54. The van der Waals surface area contributed by atoms with E-state index in [0.29, 0.717) is 6.42 Å². The maximum atomic E-state index is 11.8. The van der Waals surface area contributed by atoms with Crippen LogP contribution in [-0.4, -0.2) is 52.0 Å². The monoisotopic (exact) mass is 360 g/mol. The number of nitrogens with one attached hydrogen (secondary N) is 2. The van der Waals surface area contributed by atoms with Crippen LogP contribution in [0.3, 0.4) is 0 Å². The number of carboxylic acids is 2. The van der Waals surface area contributed by atoms with Gasteiger partial charge in [0.1, 0.15) is 6.04 Å². The largest absolute Gasteiger partial charge is 0.480 e. The van der Waals surface area contributed by atoms with Gasteiger partial charge in [0, 0.05) is 6.42 Å². The molecule has 146 valence electrons. The second-order valence-electron chi connectivity index (χ2n) is 6.16. The summed E-state index contributed by atoms with van der Waals surface area (Å²) in [4.78, 5) is 33.7. The van der Waals surface area contributed by atoms with E-state index in [-0.39, 0.29) is 6.42 Å². The van der Waals surface area contributed by atoms with Crippen molar-refractivity contribution in [2.75, 3.05) is 6.61 Å². The lowest BCUT2D eigenvalue weighted by Gasteiger charge is -2.19. The predicted molar refractivity (Wildman–Crippen MR) is 93.1 cm³/mol. The molecule has 0 aliphatic carbocycles. The van der Waals surface area contributed by atoms with E-state index in [1.54, 1.807) is 0 Å². The van der Waals surface area contributed by atoms with E-state index in [1.165, 1.54) is 32.1 Å². The molecule has 0 aliphatic rings. The zero-order valence-corrected chi connectivity index (χ0v) is 15.0. The van der Waals surface area contributed by atoms with Crippen LogP contribution in [0.4, 0.5) is 0 Å². The van der Waals surface area contributed by atoms with Gasteiger partial charge in [-0.15, -0.1) is 0 Å². The van der Waals surface area contributed by atoms with E-state index < -0.39 is 36.7 Å². The molecule has 0 rings (SSSR count). The Bertz CT molecular complexity index is 403. The smallest absolute Gasteiger partial charge is 0.341 e. The minimum absolute atomic E-state index is 0.193. The first-order valence-corrected chi connectivity index (χ1v) is 9.04. The number of carbonyl (C=O) groups is 3. The van der Waals surface area contributed by atoms with Gasteiger partial charge in [0.05, 0.1) is 6.61 Å². The Balaban J connectivity index is 3.93. The lowest BCUT2D eigenvalue weighted by molar-refractivity contribution is -0.146. The van der Waals surface area contributed by atoms with Crippen molar-refractivity contribution in [1.82, 2.24) is 10.6 Å². The van der Waals surface area contributed by atoms with E-state index in [0.717, 1.165) is 19.3 Å². The van der Waals surface area contributed by atoms with Crippen LogP contribution < -0.4 is 10.6 Å². The Morgan fingerprint density at radius 2 is 1.36 bits per heavy atom. The lowest BCUT2D eigenvalue weighted by atomic mass is 10.1. The molecule has 8 heteroatoms. The first kappa shape index (κ1) is 23.3. The molecule has 0 aromatic rings. The Hall–Kier alpha value is -1.67. The van der Waals surface area contributed by atoms with Crippen LogP contribution in [-0.2, 0) is 14.4 Å². The fourth-order valence-electron chi connectivity index (χ4n) is 2.41. The Morgan fingerprint density at radius 1 is 0.840 bits per heavy atom. The molecule has 0 heterocycles. The summed E-state index contributed by atoms with van der Waals surface area (Å²) >= 11 is 0. The highest BCUT2D eigenvalue weighted by Crippen LogP contribution is 2.10. The molecular weight excluding hydrogens is 328 g/mol. The van der Waals surface area contributed by atoms with Crippen molar-refractivity contribution in [3.8, 4) is 0 Å². The third-order valence-electron chi connectivity index (χ3n) is 3.91. The maximum absolute atomic E-state index is 11.8. The van der Waals surface area contributed by atoms with Gasteiger partial charge in [-0.2, -0.15) is 0 Å². The maximum Gasteiger partial charge on any atom is 0.341 e. The zero-order valence-electron chi connectivity index (χ0n) is 15.0. The molecule has 0 saturated heterocycles. The van der Waals surface area contributed by atoms with Gasteiger partial charge in [-0.1, -0.05) is 58.3 Å². The van der Waals surface area contributed by atoms with E-state index in [9.17, 15) is 14.4 Å². The van der Waals surface area contributed by atoms with E-state index in [2.05, 4.69) is 17.6 Å². The normalized spacial score (nSPS) is 13.2. The molecule has 25 heavy (non-hydrogen) atoms. The topological polar surface area (TPSA) is 136 Å². The molecule has 1 unspecified atom stereocenters. The van der Waals surface area contributed by atoms with Gasteiger partial charge in [0.15, 0.2) is 6.17 Å². The van der Waals surface area contributed by atoms with E-state index in [1.807, 2.05) is 0 Å². The highest BCUT2D eigenvalue weighted by atomic mass is 16.4. The summed E-state index contributed by atoms with van der Waals surface area (Å²) in [5.74, 6) is -3.24. The van der Waals surface area contributed by atoms with Crippen LogP contribution in [0.25, 0.3) is 0 Å². The van der Waals surface area contributed by atoms with Crippen LogP contribution in [0, 0.1) is 0 Å². The highest BCUT2D eigenvalue weighted by Gasteiger charge is 2.26. The van der Waals surface area contributed by atoms with Crippen LogP contribution in [0.2, 0.25) is 0 Å². The Kier molecular flexibility index (Phi) is 13.7. The number of carbonyl (C=O) groups excluding carboxylic acids is 1. The van der Waals surface area contributed by atoms with Crippen molar-refractivity contribution in [3.05, 3.63) is 0 Å². The molecule has 0 bridgehead atoms. The quantitative estimate of drug-likeness (QED) is 0.208. The lowest BCUT2D eigenvalue weighted by Crippen LogP contribution is -2.57. The van der Waals surface area contributed by atoms with Gasteiger partial charge in [-0.25, -0.2) is 4.79 Å². The van der Waals surface area contributed by atoms with Gasteiger partial charge >= 0.3 is 11.9 Å². The SMILES string of the molecule is CCCCCCCCCCCC(=O)NC(N[C@@H](CO)C(=O)O)C(=O)O. The molecule has 0 radical (unpaired) electrons. The van der Waals surface area contributed by atoms with E-state index in [4.69, 9.17) is 15.3 Å². The summed E-state index contributed by atoms with van der Waals surface area (Å²) in [5.41, 5.74) is 0. The molecule has 0 aliphatic heterocycles. The molecule has 5 N–H and O–H groups in total. The summed E-state index contributed by atoms with van der Waals surface area (Å²) in [6.07, 6.45) is 8.63. The third-order valence-corrected chi connectivity index (χ3v) is 3.91. The van der Waals surface area contributed by atoms with Crippen LogP contribution in [0.1, 0.15) is 71.1 Å². The van der Waals surface area contributed by atoms with Crippen LogP contribution in [0.5, 0.6) is 0 Å². The first-order chi connectivity index (χ1) is 11.9. The molecule has 0 aromatic carbocycles. The van der Waals surface area contributed by atoms with Gasteiger partial charge < -0.3 is 20.6 Å². The fourth-order valence-corrected chi connectivity index (χ4v) is 2.41. The van der Waals surface area contributed by atoms with Crippen molar-refractivity contribution in [2.45, 2.75) is 83.3 Å². The molecule has 0 saturated carbocycles. The van der Waals surface area contributed by atoms with Crippen molar-refractivity contribution in [1.29, 1.82) is 0 Å². The average molecular weight is 360 g/mol. The summed E-state index contributed by atoms with van der Waals surface area (Å²) < 4.78 is 0. The van der Waals surface area contributed by atoms with Crippen molar-refractivity contribution in [2.24, 2.45) is 0 Å². The van der Waals surface area contributed by atoms with Crippen molar-refractivity contribution in [3.63, 3.8) is 0 Å². The van der Waals surface area contributed by atoms with Crippen molar-refractivity contribution >= 4 is 17.8 Å². The molecule has 1 amide bonds. The average Bonchev–Trinajstić information content (AvgIpc) is 2.56. The van der Waals surface area contributed by atoms with Crippen molar-refractivity contribution < 1.29 is 29.7 Å². The third kappa shape index (κ3) is 12.4. The molecule has 0 fully saturated rings. The molecule has 8 nitrogen and oxygen atoms in total. The molecular formula is C17H32N2O6. The summed E-state index contributed by atoms with van der Waals surface area (Å²) in [7, 11) is 0. The number of aliphatic hydroxyl groups is 1. The Morgan fingerprint density at radius 3 is 1.80 bits per heavy atom. The van der Waals surface area contributed by atoms with Crippen LogP contribution in [0.15, 0.2) is 0 Å². The van der Waals surface area contributed by atoms with E-state index >= 15 is 0 Å². The molecule has 0 spiro atoms. The van der Waals surface area contributed by atoms with Gasteiger partial charge in [-0.05, 0) is 6.42 Å². The summed E-state index contributed by atoms with van der Waals surface area (Å²) in [6.45, 7) is 1.41. The number of amides is 1. The summed E-state index contributed by atoms with van der Waals surface area (Å²) in [6, 6.07) is -1.45. The van der Waals surface area contributed by atoms with Gasteiger partial charge in [0.25, 0.3) is 0 Å². The van der Waals surface area contributed by atoms with Gasteiger partial charge in [-0.3, -0.25) is 14.9 Å². The molecule has 0 aromatic heterocycles. The fraction of sp³-hybridized carbons (Fsp3) is 0.824. The number of hydrogen-bond donors (Lipinski definition) is 5. The second kappa shape index (κ2) is 14.7. The highest BCUT2D eigenvalue weighted by molar-refractivity contribution is 5.84. The Labute approximate surface area is 149 Å². The number of hydrogen-bond acceptors (Lipinski definition) is 5. The summed E-state index contributed by atoms with van der Waals surface area (Å²) in [5, 5.41) is 31.2. The number of unbranched alkanes of at least 4 members (excludes halogenated alkanes) is 8. The van der Waals surface area contributed by atoms with Gasteiger partial charge in [0.2, 0.25) is 5.91 Å². The minimum Gasteiger partial charge on any atom is -0.480 e. The first-order valence-electron chi connectivity index (χ1n) is 9.04. The standard InChI is InChI=1S/C17H32N2O6/c1-2-3-4-5-6-7-8-9-10-11-14(21)19-15(17(24)25)18-13(12-20)16(22)23/h13,15,18,20H,2-12H2,1H3,(H,19,21)(H,22,23)(H,24,25)/t13-,15?/m0/s1. The number of aliphatic carboxylic acids is 2.